The molecule has 0 aromatic rings. The number of carbonyl (C=O) groups excluding carboxylic acids is 5. The maximum absolute atomic E-state index is 14.7. The molecule has 0 saturated carbocycles. The van der Waals surface area contributed by atoms with Crippen LogP contribution in [0.2, 0.25) is 61.9 Å². The number of hydrogen-bond donors (Lipinski definition) is 3. The average Bonchev–Trinajstić information content (AvgIpc) is 3.05. The van der Waals surface area contributed by atoms with Gasteiger partial charge in [0.05, 0.1) is 25.4 Å². The van der Waals surface area contributed by atoms with Gasteiger partial charge in [-0.1, -0.05) is 102 Å². The molecule has 1 heterocycles. The van der Waals surface area contributed by atoms with Crippen LogP contribution in [0.15, 0.2) is 12.7 Å². The van der Waals surface area contributed by atoms with Gasteiger partial charge in [-0.25, -0.2) is 19.6 Å². The van der Waals surface area contributed by atoms with Crippen molar-refractivity contribution in [1.82, 2.24) is 20.7 Å². The van der Waals surface area contributed by atoms with E-state index in [4.69, 9.17) is 18.3 Å². The predicted octanol–water partition coefficient (Wildman–Crippen LogP) is 6.84. The molecule has 14 nitrogen and oxygen atoms in total. The molecule has 58 heavy (non-hydrogen) atoms. The highest BCUT2D eigenvalue weighted by molar-refractivity contribution is 6.76. The molecular formula is C41H80N4O10Si3. The van der Waals surface area contributed by atoms with E-state index in [9.17, 15) is 29.1 Å². The minimum Gasteiger partial charge on any atom is -0.460 e. The molecule has 0 spiro atoms. The first kappa shape index (κ1) is 53.4. The van der Waals surface area contributed by atoms with E-state index in [1.165, 1.54) is 6.08 Å². The van der Waals surface area contributed by atoms with Crippen LogP contribution < -0.4 is 10.6 Å². The fourth-order valence-corrected chi connectivity index (χ4v) is 9.17. The van der Waals surface area contributed by atoms with Gasteiger partial charge in [0.15, 0.2) is 22.7 Å². The van der Waals surface area contributed by atoms with Gasteiger partial charge in [0.2, 0.25) is 11.8 Å². The van der Waals surface area contributed by atoms with Crippen LogP contribution in [-0.2, 0) is 37.5 Å². The van der Waals surface area contributed by atoms with Crippen LogP contribution in [0.4, 0.5) is 4.79 Å². The van der Waals surface area contributed by atoms with Crippen LogP contribution in [0.5, 0.6) is 0 Å². The summed E-state index contributed by atoms with van der Waals surface area (Å²) in [6, 6.07) is -3.08. The van der Waals surface area contributed by atoms with E-state index in [2.05, 4.69) is 91.5 Å². The highest BCUT2D eigenvalue weighted by atomic mass is 28.4. The molecule has 1 fully saturated rings. The van der Waals surface area contributed by atoms with Crippen LogP contribution in [0, 0.1) is 11.8 Å². The lowest BCUT2D eigenvalue weighted by atomic mass is 9.99. The van der Waals surface area contributed by atoms with Crippen molar-refractivity contribution in [2.45, 2.75) is 187 Å². The van der Waals surface area contributed by atoms with E-state index >= 15 is 0 Å². The summed E-state index contributed by atoms with van der Waals surface area (Å²) in [5.41, 5.74) is 0. The predicted molar refractivity (Wildman–Crippen MR) is 237 cm³/mol. The second-order valence-corrected chi connectivity index (χ2v) is 35.9. The number of nitrogens with one attached hydrogen (secondary N) is 2. The van der Waals surface area contributed by atoms with Crippen molar-refractivity contribution >= 4 is 54.5 Å². The second-order valence-electron chi connectivity index (χ2n) is 20.8. The molecule has 1 saturated heterocycles. The maximum atomic E-state index is 14.7. The largest absolute Gasteiger partial charge is 0.460 e. The van der Waals surface area contributed by atoms with Crippen molar-refractivity contribution in [3.8, 4) is 0 Å². The number of hydrogen-bond acceptors (Lipinski definition) is 10. The van der Waals surface area contributed by atoms with Gasteiger partial charge in [0.25, 0.3) is 5.91 Å². The Bertz CT molecular complexity index is 1420. The van der Waals surface area contributed by atoms with Gasteiger partial charge in [-0.2, -0.15) is 0 Å². The Hall–Kier alpha value is -2.58. The monoisotopic (exact) mass is 873 g/mol. The normalized spacial score (nSPS) is 19.3. The molecule has 1 aliphatic heterocycles. The summed E-state index contributed by atoms with van der Waals surface area (Å²) in [4.78, 5) is 70.6. The molecule has 3 N–H and O–H groups in total. The molecule has 17 heteroatoms. The molecule has 0 aromatic carbocycles. The number of esters is 1. The molecule has 0 aliphatic carbocycles. The van der Waals surface area contributed by atoms with Gasteiger partial charge >= 0.3 is 12.1 Å². The van der Waals surface area contributed by atoms with Gasteiger partial charge in [0, 0.05) is 14.5 Å². The van der Waals surface area contributed by atoms with Crippen molar-refractivity contribution in [2.24, 2.45) is 11.8 Å². The Labute approximate surface area is 353 Å². The Kier molecular flexibility index (Phi) is 19.6. The number of carbonyl (C=O) groups is 5. The Balaban J connectivity index is 3.79. The van der Waals surface area contributed by atoms with Crippen molar-refractivity contribution in [3.63, 3.8) is 0 Å². The van der Waals surface area contributed by atoms with E-state index < -0.39 is 96.8 Å². The summed E-state index contributed by atoms with van der Waals surface area (Å²) in [6.45, 7) is 39.5. The third-order valence-corrected chi connectivity index (χ3v) is 22.2. The lowest BCUT2D eigenvalue weighted by molar-refractivity contribution is -0.178. The Morgan fingerprint density at radius 2 is 1.41 bits per heavy atom. The Morgan fingerprint density at radius 3 is 1.88 bits per heavy atom. The molecule has 0 unspecified atom stereocenters. The number of rotatable bonds is 19. The fraction of sp³-hybridized carbons (Fsp3) is 0.829. The van der Waals surface area contributed by atoms with Gasteiger partial charge in [-0.15, -0.1) is 0 Å². The van der Waals surface area contributed by atoms with Crippen molar-refractivity contribution in [3.05, 3.63) is 12.7 Å². The van der Waals surface area contributed by atoms with E-state index in [1.807, 2.05) is 26.9 Å². The molecule has 0 aromatic heterocycles. The molecule has 1 rings (SSSR count). The fourth-order valence-electron chi connectivity index (χ4n) is 5.68. The van der Waals surface area contributed by atoms with Crippen LogP contribution in [0.3, 0.4) is 0 Å². The third-order valence-electron chi connectivity index (χ3n) is 11.4. The SMILES string of the molecule is C=CCOC(=O)[C@H](NC(=O)[C@H](CC(C)C)NC(=O)[C@H]1C[C@@H](O[Si](C)(C)C(C)(C)C)CN(C(=O)OCC[Si](C)(C)C)N1C(=O)[C@@H](O)C(C)C)[C@H](C)O[Si](C)(C)C(C)(C)C. The van der Waals surface area contributed by atoms with Gasteiger partial charge in [-0.3, -0.25) is 14.4 Å². The highest BCUT2D eigenvalue weighted by Gasteiger charge is 2.50. The minimum absolute atomic E-state index is 0.0164. The van der Waals surface area contributed by atoms with Gasteiger partial charge in [0.1, 0.15) is 24.8 Å². The van der Waals surface area contributed by atoms with E-state index in [1.54, 1.807) is 20.8 Å². The molecule has 1 aliphatic rings. The summed E-state index contributed by atoms with van der Waals surface area (Å²) in [6.07, 6.45) is -2.27. The molecule has 0 bridgehead atoms. The zero-order valence-electron chi connectivity index (χ0n) is 39.2. The van der Waals surface area contributed by atoms with Gasteiger partial charge < -0.3 is 34.1 Å². The summed E-state index contributed by atoms with van der Waals surface area (Å²) in [7, 11) is -6.53. The average molecular weight is 873 g/mol. The van der Waals surface area contributed by atoms with E-state index in [-0.39, 0.29) is 48.6 Å². The maximum Gasteiger partial charge on any atom is 0.428 e. The van der Waals surface area contributed by atoms with Crippen LogP contribution in [-0.4, -0.2) is 126 Å². The van der Waals surface area contributed by atoms with Crippen molar-refractivity contribution in [2.75, 3.05) is 19.8 Å². The quantitative estimate of drug-likeness (QED) is 0.0709. The number of nitrogens with zero attached hydrogens (tertiary/aromatic N) is 2. The molecule has 4 amide bonds. The first-order valence-corrected chi connectivity index (χ1v) is 30.4. The first-order chi connectivity index (χ1) is 26.2. The smallest absolute Gasteiger partial charge is 0.428 e. The number of ether oxygens (including phenoxy) is 2. The number of amides is 4. The molecule has 336 valence electrons. The zero-order valence-corrected chi connectivity index (χ0v) is 42.2. The summed E-state index contributed by atoms with van der Waals surface area (Å²) < 4.78 is 24.5. The van der Waals surface area contributed by atoms with Crippen LogP contribution >= 0.6 is 0 Å². The number of aliphatic hydroxyl groups excluding tert-OH is 1. The topological polar surface area (TPSA) is 173 Å². The van der Waals surface area contributed by atoms with E-state index in [0.717, 1.165) is 10.0 Å². The zero-order chi connectivity index (χ0) is 45.4. The van der Waals surface area contributed by atoms with Gasteiger partial charge in [-0.05, 0) is 67.5 Å². The summed E-state index contributed by atoms with van der Waals surface area (Å²) in [5.74, 6) is -3.59. The number of aliphatic hydroxyl groups is 1. The van der Waals surface area contributed by atoms with Crippen LogP contribution in [0.1, 0.15) is 89.0 Å². The summed E-state index contributed by atoms with van der Waals surface area (Å²) >= 11 is 0. The second kappa shape index (κ2) is 21.3. The molecule has 6 atom stereocenters. The third kappa shape index (κ3) is 15.8. The first-order valence-electron chi connectivity index (χ1n) is 20.9. The van der Waals surface area contributed by atoms with Crippen molar-refractivity contribution in [1.29, 1.82) is 0 Å². The highest BCUT2D eigenvalue weighted by Crippen LogP contribution is 2.40. The number of hydrazine groups is 1. The summed E-state index contributed by atoms with van der Waals surface area (Å²) in [5, 5.41) is 18.5. The lowest BCUT2D eigenvalue weighted by Gasteiger charge is -2.49. The van der Waals surface area contributed by atoms with Crippen LogP contribution in [0.25, 0.3) is 0 Å². The Morgan fingerprint density at radius 1 is 0.862 bits per heavy atom. The van der Waals surface area contributed by atoms with E-state index in [0.29, 0.717) is 6.04 Å². The van der Waals surface area contributed by atoms with Crippen molar-refractivity contribution < 1.29 is 47.4 Å². The standard InChI is InChI=1S/C41H80N4O10Si3/c1-20-21-52-38(50)33(29(6)54-57(16,17)40(7,8)9)43-35(47)31(24-27(2)3)42-36(48)32-25-30(55-58(18,19)41(10,11)12)26-44(39(51)53-22-23-56(13,14)15)45(32)37(49)34(46)28(4)5/h20,27-34,46H,1,21-26H2,2-19H3,(H,42,48)(H,43,47)/t29-,30+,31-,32+,33+,34-/m0/s1. The molecular weight excluding hydrogens is 793 g/mol. The lowest BCUT2D eigenvalue weighted by Crippen LogP contribution is -2.69. The molecule has 0 radical (unpaired) electrons. The minimum atomic E-state index is -2.49.